The maximum absolute atomic E-state index is 5.28. The zero-order valence-electron chi connectivity index (χ0n) is 20.6. The average molecular weight is 446 g/mol. The third kappa shape index (κ3) is 5.21. The quantitative estimate of drug-likeness (QED) is 0.562. The SMILES string of the molecule is COc1ccc(N2CCN(c3nc(Nc4cc(C(C)(C)C)ccc4C)cnc3C)CC2)cc1. The molecule has 0 aliphatic carbocycles. The first-order chi connectivity index (χ1) is 15.7. The molecule has 1 fully saturated rings. The molecule has 0 atom stereocenters. The summed E-state index contributed by atoms with van der Waals surface area (Å²) in [5, 5.41) is 3.51. The van der Waals surface area contributed by atoms with Crippen LogP contribution in [0.1, 0.15) is 37.6 Å². The molecule has 0 unspecified atom stereocenters. The Bertz CT molecular complexity index is 1100. The molecule has 0 amide bonds. The molecule has 6 nitrogen and oxygen atoms in total. The second-order valence-corrected chi connectivity index (χ2v) is 9.74. The maximum atomic E-state index is 5.28. The summed E-state index contributed by atoms with van der Waals surface area (Å²) in [5.74, 6) is 2.62. The Morgan fingerprint density at radius 3 is 2.21 bits per heavy atom. The van der Waals surface area contributed by atoms with E-state index in [0.29, 0.717) is 0 Å². The molecular formula is C27H35N5O. The van der Waals surface area contributed by atoms with Crippen molar-refractivity contribution in [1.29, 1.82) is 0 Å². The van der Waals surface area contributed by atoms with Crippen LogP contribution in [0.15, 0.2) is 48.7 Å². The Morgan fingerprint density at radius 1 is 0.909 bits per heavy atom. The number of ether oxygens (including phenoxy) is 1. The minimum atomic E-state index is 0.0950. The van der Waals surface area contributed by atoms with Gasteiger partial charge in [-0.3, -0.25) is 4.98 Å². The summed E-state index contributed by atoms with van der Waals surface area (Å²) in [7, 11) is 1.70. The molecule has 0 saturated carbocycles. The van der Waals surface area contributed by atoms with Gasteiger partial charge in [0.05, 0.1) is 19.0 Å². The molecule has 1 N–H and O–H groups in total. The molecule has 0 bridgehead atoms. The molecule has 1 aromatic heterocycles. The van der Waals surface area contributed by atoms with Crippen molar-refractivity contribution in [3.05, 3.63) is 65.5 Å². The second kappa shape index (κ2) is 9.30. The fourth-order valence-electron chi connectivity index (χ4n) is 4.13. The molecule has 174 valence electrons. The molecule has 2 aromatic carbocycles. The number of nitrogens with zero attached hydrogens (tertiary/aromatic N) is 4. The molecule has 1 saturated heterocycles. The smallest absolute Gasteiger partial charge is 0.152 e. The van der Waals surface area contributed by atoms with Crippen molar-refractivity contribution in [3.63, 3.8) is 0 Å². The summed E-state index contributed by atoms with van der Waals surface area (Å²) in [6, 6.07) is 14.9. The Morgan fingerprint density at radius 2 is 1.58 bits per heavy atom. The summed E-state index contributed by atoms with van der Waals surface area (Å²) in [5.41, 5.74) is 5.85. The number of rotatable bonds is 5. The first kappa shape index (κ1) is 22.9. The van der Waals surface area contributed by atoms with Gasteiger partial charge < -0.3 is 19.9 Å². The van der Waals surface area contributed by atoms with Crippen molar-refractivity contribution in [1.82, 2.24) is 9.97 Å². The lowest BCUT2D eigenvalue weighted by Gasteiger charge is -2.37. The van der Waals surface area contributed by atoms with E-state index in [2.05, 4.69) is 78.1 Å². The topological polar surface area (TPSA) is 53.5 Å². The van der Waals surface area contributed by atoms with Gasteiger partial charge in [-0.15, -0.1) is 0 Å². The van der Waals surface area contributed by atoms with Gasteiger partial charge in [0.25, 0.3) is 0 Å². The summed E-state index contributed by atoms with van der Waals surface area (Å²) in [6.45, 7) is 14.6. The summed E-state index contributed by atoms with van der Waals surface area (Å²) >= 11 is 0. The normalized spacial score (nSPS) is 14.4. The molecule has 0 radical (unpaired) electrons. The number of piperazine rings is 1. The van der Waals surface area contributed by atoms with Crippen LogP contribution in [-0.2, 0) is 5.41 Å². The van der Waals surface area contributed by atoms with Gasteiger partial charge in [0, 0.05) is 37.6 Å². The third-order valence-electron chi connectivity index (χ3n) is 6.31. The van der Waals surface area contributed by atoms with Crippen LogP contribution >= 0.6 is 0 Å². The van der Waals surface area contributed by atoms with Gasteiger partial charge in [0.2, 0.25) is 0 Å². The van der Waals surface area contributed by atoms with Crippen LogP contribution in [0.3, 0.4) is 0 Å². The van der Waals surface area contributed by atoms with Crippen LogP contribution < -0.4 is 19.9 Å². The highest BCUT2D eigenvalue weighted by atomic mass is 16.5. The van der Waals surface area contributed by atoms with Crippen molar-refractivity contribution in [3.8, 4) is 5.75 Å². The number of aromatic nitrogens is 2. The molecule has 33 heavy (non-hydrogen) atoms. The van der Waals surface area contributed by atoms with E-state index < -0.39 is 0 Å². The Labute approximate surface area is 197 Å². The highest BCUT2D eigenvalue weighted by molar-refractivity contribution is 5.63. The highest BCUT2D eigenvalue weighted by Crippen LogP contribution is 2.29. The van der Waals surface area contributed by atoms with Crippen molar-refractivity contribution in [2.45, 2.75) is 40.0 Å². The van der Waals surface area contributed by atoms with Gasteiger partial charge in [0.15, 0.2) is 11.6 Å². The van der Waals surface area contributed by atoms with Crippen molar-refractivity contribution < 1.29 is 4.74 Å². The molecule has 2 heterocycles. The molecule has 1 aliphatic heterocycles. The third-order valence-corrected chi connectivity index (χ3v) is 6.31. The van der Waals surface area contributed by atoms with E-state index in [1.807, 2.05) is 25.3 Å². The molecule has 0 spiro atoms. The number of aryl methyl sites for hydroxylation is 2. The Balaban J connectivity index is 1.48. The molecule has 6 heteroatoms. The van der Waals surface area contributed by atoms with E-state index in [1.165, 1.54) is 16.8 Å². The van der Waals surface area contributed by atoms with Crippen molar-refractivity contribution in [2.24, 2.45) is 0 Å². The maximum Gasteiger partial charge on any atom is 0.152 e. The van der Waals surface area contributed by atoms with E-state index in [9.17, 15) is 0 Å². The Kier molecular flexibility index (Phi) is 6.45. The van der Waals surface area contributed by atoms with Crippen LogP contribution in [0.2, 0.25) is 0 Å². The predicted molar refractivity (Wildman–Crippen MR) is 137 cm³/mol. The van der Waals surface area contributed by atoms with E-state index in [1.54, 1.807) is 7.11 Å². The zero-order valence-corrected chi connectivity index (χ0v) is 20.6. The number of hydrogen-bond acceptors (Lipinski definition) is 6. The summed E-state index contributed by atoms with van der Waals surface area (Å²) in [6.07, 6.45) is 1.83. The number of hydrogen-bond donors (Lipinski definition) is 1. The Hall–Kier alpha value is -3.28. The monoisotopic (exact) mass is 445 g/mol. The van der Waals surface area contributed by atoms with Gasteiger partial charge >= 0.3 is 0 Å². The summed E-state index contributed by atoms with van der Waals surface area (Å²) in [4.78, 5) is 14.4. The van der Waals surface area contributed by atoms with Crippen LogP contribution in [0.5, 0.6) is 5.75 Å². The lowest BCUT2D eigenvalue weighted by Crippen LogP contribution is -2.47. The lowest BCUT2D eigenvalue weighted by molar-refractivity contribution is 0.415. The number of nitrogens with one attached hydrogen (secondary N) is 1. The molecule has 3 aromatic rings. The lowest BCUT2D eigenvalue weighted by atomic mass is 9.86. The van der Waals surface area contributed by atoms with Crippen LogP contribution in [0, 0.1) is 13.8 Å². The average Bonchev–Trinajstić information content (AvgIpc) is 2.81. The summed E-state index contributed by atoms with van der Waals surface area (Å²) < 4.78 is 5.28. The predicted octanol–water partition coefficient (Wildman–Crippen LogP) is 5.47. The standard InChI is InChI=1S/C27H35N5O/c1-19-7-8-21(27(3,4)5)17-24(19)29-25-18-28-20(2)26(30-25)32-15-13-31(14-16-32)22-9-11-23(33-6)12-10-22/h7-12,17-18H,13-16H2,1-6H3,(H,29,30). The minimum Gasteiger partial charge on any atom is -0.497 e. The minimum absolute atomic E-state index is 0.0950. The number of benzene rings is 2. The van der Waals surface area contributed by atoms with E-state index in [0.717, 1.165) is 54.9 Å². The largest absolute Gasteiger partial charge is 0.497 e. The van der Waals surface area contributed by atoms with E-state index >= 15 is 0 Å². The number of methoxy groups -OCH3 is 1. The molecular weight excluding hydrogens is 410 g/mol. The van der Waals surface area contributed by atoms with Gasteiger partial charge in [-0.25, -0.2) is 4.98 Å². The van der Waals surface area contributed by atoms with Crippen molar-refractivity contribution in [2.75, 3.05) is 48.4 Å². The molecule has 4 rings (SSSR count). The van der Waals surface area contributed by atoms with Crippen LogP contribution in [0.25, 0.3) is 0 Å². The van der Waals surface area contributed by atoms with Gasteiger partial charge in [-0.1, -0.05) is 32.9 Å². The first-order valence-corrected chi connectivity index (χ1v) is 11.6. The van der Waals surface area contributed by atoms with Gasteiger partial charge in [0.1, 0.15) is 5.75 Å². The van der Waals surface area contributed by atoms with Gasteiger partial charge in [-0.2, -0.15) is 0 Å². The second-order valence-electron chi connectivity index (χ2n) is 9.74. The number of anilines is 4. The van der Waals surface area contributed by atoms with Crippen LogP contribution in [0.4, 0.5) is 23.0 Å². The highest BCUT2D eigenvalue weighted by Gasteiger charge is 2.21. The van der Waals surface area contributed by atoms with E-state index in [-0.39, 0.29) is 5.41 Å². The zero-order chi connectivity index (χ0) is 23.6. The van der Waals surface area contributed by atoms with Crippen molar-refractivity contribution >= 4 is 23.0 Å². The fraction of sp³-hybridized carbons (Fsp3) is 0.407. The molecule has 1 aliphatic rings. The van der Waals surface area contributed by atoms with E-state index in [4.69, 9.17) is 9.72 Å². The van der Waals surface area contributed by atoms with Gasteiger partial charge in [-0.05, 0) is 60.7 Å². The first-order valence-electron chi connectivity index (χ1n) is 11.6. The van der Waals surface area contributed by atoms with Crippen LogP contribution in [-0.4, -0.2) is 43.3 Å². The fourth-order valence-corrected chi connectivity index (χ4v) is 4.13.